The zero-order valence-electron chi connectivity index (χ0n) is 9.67. The SMILES string of the molecule is CC(C)N1C(C(C)(C)C)CC2C[C@@H]21. The quantitative estimate of drug-likeness (QED) is 0.601. The smallest absolute Gasteiger partial charge is 0.0153 e. The Bertz CT molecular complexity index is 202. The van der Waals surface area contributed by atoms with Crippen molar-refractivity contribution in [2.24, 2.45) is 11.3 Å². The average Bonchev–Trinajstić information content (AvgIpc) is 2.58. The molecule has 2 unspecified atom stereocenters. The van der Waals surface area contributed by atoms with Gasteiger partial charge in [-0.05, 0) is 38.0 Å². The molecular weight excluding hydrogens is 158 g/mol. The predicted molar refractivity (Wildman–Crippen MR) is 56.7 cm³/mol. The van der Waals surface area contributed by atoms with E-state index in [1.807, 2.05) is 0 Å². The van der Waals surface area contributed by atoms with Crippen LogP contribution in [0.2, 0.25) is 0 Å². The molecule has 1 heteroatoms. The van der Waals surface area contributed by atoms with Crippen LogP contribution in [-0.2, 0) is 0 Å². The van der Waals surface area contributed by atoms with Gasteiger partial charge in [0, 0.05) is 18.1 Å². The van der Waals surface area contributed by atoms with Crippen molar-refractivity contribution in [1.82, 2.24) is 4.90 Å². The maximum atomic E-state index is 2.77. The normalized spacial score (nSPS) is 39.7. The molecule has 1 nitrogen and oxygen atoms in total. The number of hydrogen-bond donors (Lipinski definition) is 0. The number of fused-ring (bicyclic) bond motifs is 1. The Morgan fingerprint density at radius 3 is 2.15 bits per heavy atom. The molecule has 0 radical (unpaired) electrons. The van der Waals surface area contributed by atoms with E-state index in [1.54, 1.807) is 0 Å². The van der Waals surface area contributed by atoms with Crippen LogP contribution in [0, 0.1) is 11.3 Å². The van der Waals surface area contributed by atoms with Crippen molar-refractivity contribution < 1.29 is 0 Å². The number of likely N-dealkylation sites (tertiary alicyclic amines) is 1. The van der Waals surface area contributed by atoms with Crippen LogP contribution in [0.15, 0.2) is 0 Å². The largest absolute Gasteiger partial charge is 0.294 e. The summed E-state index contributed by atoms with van der Waals surface area (Å²) in [6.07, 6.45) is 2.93. The molecule has 0 aromatic rings. The molecule has 2 aliphatic rings. The van der Waals surface area contributed by atoms with E-state index in [4.69, 9.17) is 0 Å². The van der Waals surface area contributed by atoms with E-state index in [2.05, 4.69) is 39.5 Å². The first kappa shape index (κ1) is 9.51. The lowest BCUT2D eigenvalue weighted by Crippen LogP contribution is -2.45. The number of rotatable bonds is 1. The minimum atomic E-state index is 0.470. The topological polar surface area (TPSA) is 3.24 Å². The van der Waals surface area contributed by atoms with E-state index in [-0.39, 0.29) is 0 Å². The molecule has 1 saturated carbocycles. The van der Waals surface area contributed by atoms with Gasteiger partial charge in [-0.1, -0.05) is 20.8 Å². The van der Waals surface area contributed by atoms with Crippen molar-refractivity contribution in [3.8, 4) is 0 Å². The van der Waals surface area contributed by atoms with Crippen molar-refractivity contribution in [3.05, 3.63) is 0 Å². The fourth-order valence-corrected chi connectivity index (χ4v) is 3.03. The molecular formula is C12H23N. The number of piperidine rings is 1. The maximum absolute atomic E-state index is 2.77. The Hall–Kier alpha value is -0.0400. The van der Waals surface area contributed by atoms with Crippen LogP contribution in [0.25, 0.3) is 0 Å². The molecule has 0 aromatic heterocycles. The average molecular weight is 181 g/mol. The zero-order chi connectivity index (χ0) is 9.80. The molecule has 76 valence electrons. The van der Waals surface area contributed by atoms with Gasteiger partial charge in [0.25, 0.3) is 0 Å². The monoisotopic (exact) mass is 181 g/mol. The predicted octanol–water partition coefficient (Wildman–Crippen LogP) is 2.90. The van der Waals surface area contributed by atoms with Gasteiger partial charge >= 0.3 is 0 Å². The Labute approximate surface area is 82.5 Å². The lowest BCUT2D eigenvalue weighted by Gasteiger charge is -2.39. The molecule has 1 aliphatic heterocycles. The van der Waals surface area contributed by atoms with Gasteiger partial charge in [-0.3, -0.25) is 4.90 Å². The maximum Gasteiger partial charge on any atom is 0.0153 e. The molecule has 3 atom stereocenters. The summed E-state index contributed by atoms with van der Waals surface area (Å²) in [7, 11) is 0. The van der Waals surface area contributed by atoms with Crippen molar-refractivity contribution >= 4 is 0 Å². The van der Waals surface area contributed by atoms with Gasteiger partial charge in [0.05, 0.1) is 0 Å². The summed E-state index contributed by atoms with van der Waals surface area (Å²) in [5.74, 6) is 1.05. The minimum Gasteiger partial charge on any atom is -0.294 e. The first-order valence-electron chi connectivity index (χ1n) is 5.68. The summed E-state index contributed by atoms with van der Waals surface area (Å²) < 4.78 is 0. The van der Waals surface area contributed by atoms with E-state index in [0.29, 0.717) is 5.41 Å². The first-order valence-corrected chi connectivity index (χ1v) is 5.68. The van der Waals surface area contributed by atoms with Gasteiger partial charge in [0.15, 0.2) is 0 Å². The van der Waals surface area contributed by atoms with Crippen LogP contribution in [0.1, 0.15) is 47.5 Å². The van der Waals surface area contributed by atoms with Crippen molar-refractivity contribution in [1.29, 1.82) is 0 Å². The van der Waals surface area contributed by atoms with Gasteiger partial charge < -0.3 is 0 Å². The zero-order valence-corrected chi connectivity index (χ0v) is 9.67. The molecule has 0 N–H and O–H groups in total. The Morgan fingerprint density at radius 1 is 1.15 bits per heavy atom. The van der Waals surface area contributed by atoms with Gasteiger partial charge in [-0.2, -0.15) is 0 Å². The van der Waals surface area contributed by atoms with E-state index >= 15 is 0 Å². The second-order valence-electron chi connectivity index (χ2n) is 6.22. The van der Waals surface area contributed by atoms with Crippen LogP contribution in [-0.4, -0.2) is 23.0 Å². The highest BCUT2D eigenvalue weighted by molar-refractivity contribution is 5.09. The Balaban J connectivity index is 2.12. The minimum absolute atomic E-state index is 0.470. The Kier molecular flexibility index (Phi) is 1.99. The third kappa shape index (κ3) is 1.52. The van der Waals surface area contributed by atoms with E-state index < -0.39 is 0 Å². The summed E-state index contributed by atoms with van der Waals surface area (Å²) in [6, 6.07) is 2.52. The van der Waals surface area contributed by atoms with Crippen LogP contribution in [0.5, 0.6) is 0 Å². The molecule has 0 spiro atoms. The lowest BCUT2D eigenvalue weighted by molar-refractivity contribution is 0.0870. The highest BCUT2D eigenvalue weighted by Crippen LogP contribution is 2.52. The Morgan fingerprint density at radius 2 is 1.77 bits per heavy atom. The van der Waals surface area contributed by atoms with Crippen LogP contribution < -0.4 is 0 Å². The van der Waals surface area contributed by atoms with Gasteiger partial charge in [-0.15, -0.1) is 0 Å². The molecule has 0 amide bonds. The van der Waals surface area contributed by atoms with Crippen molar-refractivity contribution in [2.45, 2.75) is 65.6 Å². The van der Waals surface area contributed by atoms with Crippen LogP contribution >= 0.6 is 0 Å². The van der Waals surface area contributed by atoms with Crippen LogP contribution in [0.4, 0.5) is 0 Å². The fourth-order valence-electron chi connectivity index (χ4n) is 3.03. The standard InChI is InChI=1S/C12H23N/c1-8(2)13-10-6-9(10)7-11(13)12(3,4)5/h8-11H,6-7H2,1-5H3/t9?,10-,11?/m0/s1. The molecule has 1 saturated heterocycles. The number of hydrogen-bond acceptors (Lipinski definition) is 1. The van der Waals surface area contributed by atoms with Gasteiger partial charge in [0.1, 0.15) is 0 Å². The number of nitrogens with zero attached hydrogens (tertiary/aromatic N) is 1. The van der Waals surface area contributed by atoms with Crippen LogP contribution in [0.3, 0.4) is 0 Å². The molecule has 1 aliphatic carbocycles. The summed E-state index contributed by atoms with van der Waals surface area (Å²) in [5, 5.41) is 0. The highest BCUT2D eigenvalue weighted by Gasteiger charge is 2.55. The lowest BCUT2D eigenvalue weighted by atomic mass is 9.83. The van der Waals surface area contributed by atoms with Gasteiger partial charge in [0.2, 0.25) is 0 Å². The van der Waals surface area contributed by atoms with Gasteiger partial charge in [-0.25, -0.2) is 0 Å². The molecule has 2 rings (SSSR count). The summed E-state index contributed by atoms with van der Waals surface area (Å²) >= 11 is 0. The molecule has 13 heavy (non-hydrogen) atoms. The third-order valence-corrected chi connectivity index (χ3v) is 3.75. The highest BCUT2D eigenvalue weighted by atomic mass is 15.3. The van der Waals surface area contributed by atoms with E-state index in [1.165, 1.54) is 12.8 Å². The fraction of sp³-hybridized carbons (Fsp3) is 1.00. The molecule has 0 bridgehead atoms. The van der Waals surface area contributed by atoms with E-state index in [9.17, 15) is 0 Å². The third-order valence-electron chi connectivity index (χ3n) is 3.75. The molecule has 1 heterocycles. The summed E-state index contributed by atoms with van der Waals surface area (Å²) in [5.41, 5.74) is 0.470. The first-order chi connectivity index (χ1) is 5.91. The summed E-state index contributed by atoms with van der Waals surface area (Å²) in [6.45, 7) is 11.9. The summed E-state index contributed by atoms with van der Waals surface area (Å²) in [4.78, 5) is 2.77. The second-order valence-corrected chi connectivity index (χ2v) is 6.22. The molecule has 2 fully saturated rings. The second kappa shape index (κ2) is 2.73. The van der Waals surface area contributed by atoms with E-state index in [0.717, 1.165) is 24.0 Å². The van der Waals surface area contributed by atoms with Crippen molar-refractivity contribution in [2.75, 3.05) is 0 Å². The van der Waals surface area contributed by atoms with Crippen molar-refractivity contribution in [3.63, 3.8) is 0 Å². The molecule has 0 aromatic carbocycles.